The lowest BCUT2D eigenvalue weighted by Crippen LogP contribution is -2.02. The Labute approximate surface area is 109 Å². The number of nitrogens with one attached hydrogen (secondary N) is 2. The number of anilines is 1. The van der Waals surface area contributed by atoms with Gasteiger partial charge in [-0.3, -0.25) is 0 Å². The average Bonchev–Trinajstić information content (AvgIpc) is 2.93. The maximum Gasteiger partial charge on any atom is 0.145 e. The van der Waals surface area contributed by atoms with Crippen LogP contribution in [0.4, 0.5) is 5.82 Å². The van der Waals surface area contributed by atoms with E-state index < -0.39 is 0 Å². The van der Waals surface area contributed by atoms with Crippen LogP contribution in [-0.4, -0.2) is 19.9 Å². The van der Waals surface area contributed by atoms with Crippen LogP contribution in [0.3, 0.4) is 0 Å². The van der Waals surface area contributed by atoms with Crippen LogP contribution in [0.25, 0.3) is 11.0 Å². The predicted octanol–water partition coefficient (Wildman–Crippen LogP) is 1.84. The summed E-state index contributed by atoms with van der Waals surface area (Å²) in [5.41, 5.74) is 3.40. The van der Waals surface area contributed by atoms with Gasteiger partial charge in [0.25, 0.3) is 0 Å². The molecule has 0 saturated carbocycles. The Morgan fingerprint density at radius 2 is 2.16 bits per heavy atom. The topological polar surface area (TPSA) is 90.3 Å². The lowest BCUT2D eigenvalue weighted by Gasteiger charge is -2.05. The Bertz CT molecular complexity index is 755. The molecule has 2 N–H and O–H groups in total. The van der Waals surface area contributed by atoms with Crippen LogP contribution < -0.4 is 5.32 Å². The van der Waals surface area contributed by atoms with Crippen molar-refractivity contribution >= 4 is 16.9 Å². The second kappa shape index (κ2) is 4.74. The molecule has 0 aliphatic carbocycles. The van der Waals surface area contributed by atoms with E-state index >= 15 is 0 Å². The zero-order chi connectivity index (χ0) is 13.1. The van der Waals surface area contributed by atoms with Gasteiger partial charge < -0.3 is 10.3 Å². The number of nitrogens with zero attached hydrogens (tertiary/aromatic N) is 4. The lowest BCUT2D eigenvalue weighted by atomic mass is 10.2. The van der Waals surface area contributed by atoms with Gasteiger partial charge in [-0.1, -0.05) is 6.07 Å². The van der Waals surface area contributed by atoms with Crippen LogP contribution in [0.1, 0.15) is 11.3 Å². The fraction of sp³-hybridized carbons (Fsp3) is 0.0769. The van der Waals surface area contributed by atoms with E-state index in [2.05, 4.69) is 25.3 Å². The first kappa shape index (κ1) is 11.2. The van der Waals surface area contributed by atoms with Gasteiger partial charge >= 0.3 is 0 Å². The second-order valence-electron chi connectivity index (χ2n) is 4.01. The highest BCUT2D eigenvalue weighted by atomic mass is 15.0. The molecular weight excluding hydrogens is 240 g/mol. The molecule has 3 rings (SSSR count). The summed E-state index contributed by atoms with van der Waals surface area (Å²) in [6.07, 6.45) is 3.05. The summed E-state index contributed by atoms with van der Waals surface area (Å²) >= 11 is 0. The Hall–Kier alpha value is -2.94. The van der Waals surface area contributed by atoms with E-state index in [1.54, 1.807) is 12.4 Å². The summed E-state index contributed by atoms with van der Waals surface area (Å²) in [6.45, 7) is 0.622. The standard InChI is InChI=1S/C13H10N6/c14-5-10-4-13(19-7-16-10)15-6-9-1-2-11-12(3-9)18-8-17-11/h1-4,7-8H,6H2,(H,17,18)(H,15,16,19). The van der Waals surface area contributed by atoms with Gasteiger partial charge in [-0.25, -0.2) is 15.0 Å². The van der Waals surface area contributed by atoms with E-state index in [0.29, 0.717) is 18.1 Å². The zero-order valence-electron chi connectivity index (χ0n) is 9.96. The quantitative estimate of drug-likeness (QED) is 0.740. The van der Waals surface area contributed by atoms with E-state index in [1.807, 2.05) is 24.3 Å². The zero-order valence-corrected chi connectivity index (χ0v) is 9.96. The molecule has 19 heavy (non-hydrogen) atoms. The summed E-state index contributed by atoms with van der Waals surface area (Å²) in [4.78, 5) is 15.1. The third-order valence-electron chi connectivity index (χ3n) is 2.74. The Morgan fingerprint density at radius 1 is 1.21 bits per heavy atom. The summed E-state index contributed by atoms with van der Waals surface area (Å²) < 4.78 is 0. The summed E-state index contributed by atoms with van der Waals surface area (Å²) in [5, 5.41) is 11.9. The third-order valence-corrected chi connectivity index (χ3v) is 2.74. The molecule has 0 atom stereocenters. The number of imidazole rings is 1. The molecule has 2 heterocycles. The van der Waals surface area contributed by atoms with Crippen LogP contribution in [0, 0.1) is 11.3 Å². The molecule has 0 unspecified atom stereocenters. The van der Waals surface area contributed by atoms with Crippen LogP contribution in [0.15, 0.2) is 36.9 Å². The fourth-order valence-corrected chi connectivity index (χ4v) is 1.80. The number of benzene rings is 1. The van der Waals surface area contributed by atoms with Crippen molar-refractivity contribution in [3.63, 3.8) is 0 Å². The molecule has 0 radical (unpaired) electrons. The molecule has 6 nitrogen and oxygen atoms in total. The highest BCUT2D eigenvalue weighted by Gasteiger charge is 2.00. The van der Waals surface area contributed by atoms with Crippen molar-refractivity contribution in [1.29, 1.82) is 5.26 Å². The fourth-order valence-electron chi connectivity index (χ4n) is 1.80. The number of H-pyrrole nitrogens is 1. The highest BCUT2D eigenvalue weighted by Crippen LogP contribution is 2.13. The van der Waals surface area contributed by atoms with E-state index in [1.165, 1.54) is 6.33 Å². The normalized spacial score (nSPS) is 10.3. The van der Waals surface area contributed by atoms with Gasteiger partial charge in [0.05, 0.1) is 17.4 Å². The average molecular weight is 250 g/mol. The molecular formula is C13H10N6. The van der Waals surface area contributed by atoms with Gasteiger partial charge in [0.1, 0.15) is 23.9 Å². The smallest absolute Gasteiger partial charge is 0.145 e. The first-order chi connectivity index (χ1) is 9.35. The van der Waals surface area contributed by atoms with Crippen LogP contribution >= 0.6 is 0 Å². The minimum Gasteiger partial charge on any atom is -0.366 e. The van der Waals surface area contributed by atoms with E-state index in [9.17, 15) is 0 Å². The van der Waals surface area contributed by atoms with Crippen molar-refractivity contribution in [2.45, 2.75) is 6.54 Å². The van der Waals surface area contributed by atoms with Gasteiger partial charge in [-0.2, -0.15) is 5.26 Å². The minimum absolute atomic E-state index is 0.349. The van der Waals surface area contributed by atoms with Gasteiger partial charge in [-0.05, 0) is 17.7 Å². The molecule has 3 aromatic rings. The maximum atomic E-state index is 8.76. The second-order valence-corrected chi connectivity index (χ2v) is 4.01. The van der Waals surface area contributed by atoms with Crippen molar-refractivity contribution in [3.8, 4) is 6.07 Å². The summed E-state index contributed by atoms with van der Waals surface area (Å²) in [5.74, 6) is 0.635. The molecule has 0 aliphatic heterocycles. The number of rotatable bonds is 3. The number of hydrogen-bond acceptors (Lipinski definition) is 5. The van der Waals surface area contributed by atoms with Crippen LogP contribution in [0.2, 0.25) is 0 Å². The number of nitriles is 1. The number of aromatic nitrogens is 4. The highest BCUT2D eigenvalue weighted by molar-refractivity contribution is 5.75. The van der Waals surface area contributed by atoms with Gasteiger partial charge in [-0.15, -0.1) is 0 Å². The molecule has 6 heteroatoms. The van der Waals surface area contributed by atoms with Crippen LogP contribution in [-0.2, 0) is 6.54 Å². The molecule has 0 spiro atoms. The van der Waals surface area contributed by atoms with Crippen molar-refractivity contribution in [1.82, 2.24) is 19.9 Å². The molecule has 0 amide bonds. The number of hydrogen-bond donors (Lipinski definition) is 2. The molecule has 1 aromatic carbocycles. The van der Waals surface area contributed by atoms with E-state index in [-0.39, 0.29) is 0 Å². The summed E-state index contributed by atoms with van der Waals surface area (Å²) in [6, 6.07) is 9.60. The molecule has 0 saturated heterocycles. The molecule has 0 aliphatic rings. The first-order valence-electron chi connectivity index (χ1n) is 5.73. The molecule has 0 bridgehead atoms. The summed E-state index contributed by atoms with van der Waals surface area (Å²) in [7, 11) is 0. The van der Waals surface area contributed by atoms with E-state index in [0.717, 1.165) is 16.6 Å². The van der Waals surface area contributed by atoms with Crippen molar-refractivity contribution in [2.75, 3.05) is 5.32 Å². The van der Waals surface area contributed by atoms with Crippen molar-refractivity contribution < 1.29 is 0 Å². The van der Waals surface area contributed by atoms with Crippen molar-refractivity contribution in [3.05, 3.63) is 48.2 Å². The van der Waals surface area contributed by atoms with Gasteiger partial charge in [0.2, 0.25) is 0 Å². The minimum atomic E-state index is 0.349. The Balaban J connectivity index is 1.76. The third kappa shape index (κ3) is 2.35. The van der Waals surface area contributed by atoms with Gasteiger partial charge in [0, 0.05) is 12.6 Å². The molecule has 0 fully saturated rings. The largest absolute Gasteiger partial charge is 0.366 e. The number of aromatic amines is 1. The van der Waals surface area contributed by atoms with Gasteiger partial charge in [0.15, 0.2) is 0 Å². The lowest BCUT2D eigenvalue weighted by molar-refractivity contribution is 1.07. The Morgan fingerprint density at radius 3 is 3.05 bits per heavy atom. The van der Waals surface area contributed by atoms with Crippen LogP contribution in [0.5, 0.6) is 0 Å². The number of fused-ring (bicyclic) bond motifs is 1. The predicted molar refractivity (Wildman–Crippen MR) is 70.2 cm³/mol. The molecule has 2 aromatic heterocycles. The van der Waals surface area contributed by atoms with E-state index in [4.69, 9.17) is 5.26 Å². The first-order valence-corrected chi connectivity index (χ1v) is 5.73. The molecule has 92 valence electrons. The maximum absolute atomic E-state index is 8.76. The monoisotopic (exact) mass is 250 g/mol. The SMILES string of the molecule is N#Cc1cc(NCc2ccc3nc[nH]c3c2)ncn1. The Kier molecular flexibility index (Phi) is 2.79. The van der Waals surface area contributed by atoms with Crippen molar-refractivity contribution in [2.24, 2.45) is 0 Å².